The van der Waals surface area contributed by atoms with Gasteiger partial charge in [0.2, 0.25) is 5.91 Å². The predicted octanol–water partition coefficient (Wildman–Crippen LogP) is 2.19. The Morgan fingerprint density at radius 3 is 2.62 bits per heavy atom. The highest BCUT2D eigenvalue weighted by atomic mass is 16.5. The van der Waals surface area contributed by atoms with Gasteiger partial charge in [0.25, 0.3) is 0 Å². The summed E-state index contributed by atoms with van der Waals surface area (Å²) in [4.78, 5) is 17.5. The number of ether oxygens (including phenoxy) is 2. The van der Waals surface area contributed by atoms with E-state index in [1.54, 1.807) is 14.2 Å². The molecule has 0 unspecified atom stereocenters. The molecule has 1 aromatic carbocycles. The minimum Gasteiger partial charge on any atom is -0.497 e. The van der Waals surface area contributed by atoms with Crippen molar-refractivity contribution in [2.75, 3.05) is 47.1 Å². The van der Waals surface area contributed by atoms with Crippen molar-refractivity contribution in [3.05, 3.63) is 29.8 Å². The predicted molar refractivity (Wildman–Crippen MR) is 113 cm³/mol. The normalized spacial score (nSPS) is 27.5. The van der Waals surface area contributed by atoms with Gasteiger partial charge >= 0.3 is 0 Å². The second-order valence-electron chi connectivity index (χ2n) is 8.40. The molecule has 0 bridgehead atoms. The van der Waals surface area contributed by atoms with E-state index in [4.69, 9.17) is 9.47 Å². The van der Waals surface area contributed by atoms with Crippen LogP contribution in [0.1, 0.15) is 31.7 Å². The number of hydrogen-bond donors (Lipinski definition) is 1. The van der Waals surface area contributed by atoms with Crippen molar-refractivity contribution in [2.45, 2.75) is 44.7 Å². The summed E-state index contributed by atoms with van der Waals surface area (Å²) in [6.07, 6.45) is 3.75. The third-order valence-electron chi connectivity index (χ3n) is 6.78. The molecule has 2 saturated heterocycles. The van der Waals surface area contributed by atoms with E-state index in [9.17, 15) is 9.90 Å². The summed E-state index contributed by atoms with van der Waals surface area (Å²) in [6, 6.07) is 8.01. The summed E-state index contributed by atoms with van der Waals surface area (Å²) in [5, 5.41) is 10.2. The molecule has 1 N–H and O–H groups in total. The van der Waals surface area contributed by atoms with Crippen LogP contribution in [0.3, 0.4) is 0 Å². The Balaban J connectivity index is 1.68. The number of aliphatic hydroxyl groups excluding tert-OH is 1. The number of amides is 1. The molecule has 2 fully saturated rings. The Hall–Kier alpha value is -1.63. The average Bonchev–Trinajstić information content (AvgIpc) is 3.33. The van der Waals surface area contributed by atoms with Crippen molar-refractivity contribution in [1.29, 1.82) is 0 Å². The van der Waals surface area contributed by atoms with Gasteiger partial charge in [0.1, 0.15) is 5.75 Å². The van der Waals surface area contributed by atoms with E-state index in [0.29, 0.717) is 24.3 Å². The molecular weight excluding hydrogens is 368 g/mol. The maximum atomic E-state index is 13.1. The molecule has 4 atom stereocenters. The Morgan fingerprint density at radius 2 is 2.00 bits per heavy atom. The van der Waals surface area contributed by atoms with Crippen molar-refractivity contribution in [3.63, 3.8) is 0 Å². The van der Waals surface area contributed by atoms with Crippen molar-refractivity contribution in [2.24, 2.45) is 11.8 Å². The largest absolute Gasteiger partial charge is 0.497 e. The molecule has 0 aromatic heterocycles. The molecule has 6 heteroatoms. The molecule has 0 spiro atoms. The first-order valence-corrected chi connectivity index (χ1v) is 10.9. The molecule has 6 nitrogen and oxygen atoms in total. The van der Waals surface area contributed by atoms with Crippen LogP contribution in [-0.4, -0.2) is 80.0 Å². The third-order valence-corrected chi connectivity index (χ3v) is 6.78. The highest BCUT2D eigenvalue weighted by Crippen LogP contribution is 2.35. The Labute approximate surface area is 174 Å². The number of benzene rings is 1. The summed E-state index contributed by atoms with van der Waals surface area (Å²) >= 11 is 0. The standard InChI is InChI=1S/C23H36N2O4/c1-4-18-13-25(23(27)12-17-7-9-20(29-3)10-8-17)22(15-26)21(18)14-24-11-5-6-19(24)16-28-2/h7-10,18-19,21-22,26H,4-6,11-16H2,1-3H3/t18-,19-,21-,22-/m1/s1. The molecule has 0 saturated carbocycles. The van der Waals surface area contributed by atoms with E-state index >= 15 is 0 Å². The summed E-state index contributed by atoms with van der Waals surface area (Å²) in [7, 11) is 3.40. The Kier molecular flexibility index (Phi) is 7.92. The number of carbonyl (C=O) groups excluding carboxylic acids is 1. The van der Waals surface area contributed by atoms with Crippen LogP contribution in [0.4, 0.5) is 0 Å². The number of hydrogen-bond acceptors (Lipinski definition) is 5. The van der Waals surface area contributed by atoms with Gasteiger partial charge in [-0.3, -0.25) is 9.69 Å². The fourth-order valence-corrected chi connectivity index (χ4v) is 5.10. The molecular formula is C23H36N2O4. The number of aliphatic hydroxyl groups is 1. The van der Waals surface area contributed by atoms with Crippen molar-refractivity contribution in [1.82, 2.24) is 9.80 Å². The van der Waals surface area contributed by atoms with Crippen LogP contribution >= 0.6 is 0 Å². The first-order valence-electron chi connectivity index (χ1n) is 10.9. The van der Waals surface area contributed by atoms with E-state index < -0.39 is 0 Å². The lowest BCUT2D eigenvalue weighted by Crippen LogP contribution is -2.45. The fraction of sp³-hybridized carbons (Fsp3) is 0.696. The van der Waals surface area contributed by atoms with Gasteiger partial charge in [-0.15, -0.1) is 0 Å². The molecule has 2 aliphatic rings. The zero-order chi connectivity index (χ0) is 20.8. The van der Waals surface area contributed by atoms with Gasteiger partial charge in [-0.05, 0) is 48.9 Å². The van der Waals surface area contributed by atoms with Crippen LogP contribution in [0, 0.1) is 11.8 Å². The molecule has 0 aliphatic carbocycles. The van der Waals surface area contributed by atoms with Gasteiger partial charge in [0.05, 0.1) is 32.8 Å². The van der Waals surface area contributed by atoms with Crippen molar-refractivity contribution < 1.29 is 19.4 Å². The fourth-order valence-electron chi connectivity index (χ4n) is 5.10. The lowest BCUT2D eigenvalue weighted by Gasteiger charge is -2.32. The van der Waals surface area contributed by atoms with Crippen LogP contribution in [-0.2, 0) is 16.0 Å². The average molecular weight is 405 g/mol. The zero-order valence-corrected chi connectivity index (χ0v) is 18.0. The van der Waals surface area contributed by atoms with E-state index in [0.717, 1.165) is 44.0 Å². The highest BCUT2D eigenvalue weighted by Gasteiger charge is 2.44. The monoisotopic (exact) mass is 404 g/mol. The molecule has 3 rings (SSSR count). The van der Waals surface area contributed by atoms with Gasteiger partial charge in [-0.25, -0.2) is 0 Å². The van der Waals surface area contributed by atoms with Crippen LogP contribution < -0.4 is 4.74 Å². The van der Waals surface area contributed by atoms with E-state index in [1.165, 1.54) is 12.8 Å². The van der Waals surface area contributed by atoms with Gasteiger partial charge < -0.3 is 19.5 Å². The number of methoxy groups -OCH3 is 2. The highest BCUT2D eigenvalue weighted by molar-refractivity contribution is 5.79. The van der Waals surface area contributed by atoms with Gasteiger partial charge in [0.15, 0.2) is 0 Å². The maximum absolute atomic E-state index is 13.1. The SMILES string of the molecule is CC[C@@H]1CN(C(=O)Cc2ccc(OC)cc2)[C@H](CO)[C@@H]1CN1CCC[C@@H]1COC. The zero-order valence-electron chi connectivity index (χ0n) is 18.0. The van der Waals surface area contributed by atoms with Gasteiger partial charge in [0, 0.05) is 26.2 Å². The molecule has 2 heterocycles. The van der Waals surface area contributed by atoms with Crippen molar-refractivity contribution in [3.8, 4) is 5.75 Å². The summed E-state index contributed by atoms with van der Waals surface area (Å²) in [5.74, 6) is 1.63. The maximum Gasteiger partial charge on any atom is 0.227 e. The Bertz CT molecular complexity index is 651. The summed E-state index contributed by atoms with van der Waals surface area (Å²) in [6.45, 7) is 5.74. The number of likely N-dealkylation sites (tertiary alicyclic amines) is 2. The first-order chi connectivity index (χ1) is 14.1. The van der Waals surface area contributed by atoms with Crippen LogP contribution in [0.15, 0.2) is 24.3 Å². The van der Waals surface area contributed by atoms with E-state index in [1.807, 2.05) is 29.2 Å². The van der Waals surface area contributed by atoms with Crippen molar-refractivity contribution >= 4 is 5.91 Å². The second kappa shape index (κ2) is 10.4. The van der Waals surface area contributed by atoms with Crippen LogP contribution in [0.25, 0.3) is 0 Å². The van der Waals surface area contributed by atoms with Crippen LogP contribution in [0.2, 0.25) is 0 Å². The van der Waals surface area contributed by atoms with Gasteiger partial charge in [-0.2, -0.15) is 0 Å². The smallest absolute Gasteiger partial charge is 0.227 e. The lowest BCUT2D eigenvalue weighted by atomic mass is 9.88. The van der Waals surface area contributed by atoms with E-state index in [-0.39, 0.29) is 18.6 Å². The van der Waals surface area contributed by atoms with E-state index in [2.05, 4.69) is 11.8 Å². The lowest BCUT2D eigenvalue weighted by molar-refractivity contribution is -0.132. The molecule has 2 aliphatic heterocycles. The minimum atomic E-state index is -0.102. The molecule has 1 amide bonds. The minimum absolute atomic E-state index is 0.0261. The first kappa shape index (κ1) is 22.1. The second-order valence-corrected chi connectivity index (χ2v) is 8.40. The quantitative estimate of drug-likeness (QED) is 0.684. The van der Waals surface area contributed by atoms with Crippen LogP contribution in [0.5, 0.6) is 5.75 Å². The topological polar surface area (TPSA) is 62.2 Å². The van der Waals surface area contributed by atoms with Gasteiger partial charge in [-0.1, -0.05) is 25.5 Å². The molecule has 29 heavy (non-hydrogen) atoms. The molecule has 162 valence electrons. The molecule has 1 aromatic rings. The number of nitrogens with zero attached hydrogens (tertiary/aromatic N) is 2. The summed E-state index contributed by atoms with van der Waals surface area (Å²) in [5.41, 5.74) is 0.976. The summed E-state index contributed by atoms with van der Waals surface area (Å²) < 4.78 is 10.6. The molecule has 0 radical (unpaired) electrons. The number of rotatable bonds is 9. The Morgan fingerprint density at radius 1 is 1.24 bits per heavy atom. The number of carbonyl (C=O) groups is 1. The third kappa shape index (κ3) is 5.11.